The summed E-state index contributed by atoms with van der Waals surface area (Å²) in [6.45, 7) is 3.97. The third-order valence-corrected chi connectivity index (χ3v) is 5.60. The van der Waals surface area contributed by atoms with Crippen molar-refractivity contribution in [1.29, 1.82) is 0 Å². The van der Waals surface area contributed by atoms with Crippen LogP contribution in [0, 0.1) is 6.92 Å². The Balaban J connectivity index is 2.37. The lowest BCUT2D eigenvalue weighted by molar-refractivity contribution is 0.963. The molecule has 0 aromatic carbocycles. The number of hydrogen-bond donors (Lipinski definition) is 0. The second-order valence-electron chi connectivity index (χ2n) is 3.13. The average molecular weight is 324 g/mol. The summed E-state index contributed by atoms with van der Waals surface area (Å²) in [6, 6.07) is 2.11. The summed E-state index contributed by atoms with van der Waals surface area (Å²) in [5, 5.41) is 9.94. The Morgan fingerprint density at radius 1 is 1.40 bits per heavy atom. The Hall–Kier alpha value is 0.0300. The summed E-state index contributed by atoms with van der Waals surface area (Å²) in [4.78, 5) is 1.14. The topological polar surface area (TPSA) is 25.8 Å². The Morgan fingerprint density at radius 2 is 2.13 bits per heavy atom. The van der Waals surface area contributed by atoms with E-state index < -0.39 is 0 Å². The lowest BCUT2D eigenvalue weighted by Gasteiger charge is -1.90. The van der Waals surface area contributed by atoms with Crippen molar-refractivity contribution >= 4 is 50.2 Å². The van der Waals surface area contributed by atoms with E-state index in [1.54, 1.807) is 22.7 Å². The molecule has 0 saturated heterocycles. The van der Waals surface area contributed by atoms with E-state index in [1.165, 1.54) is 5.56 Å². The summed E-state index contributed by atoms with van der Waals surface area (Å²) in [6.07, 6.45) is 0. The van der Waals surface area contributed by atoms with E-state index in [-0.39, 0.29) is 5.38 Å². The molecule has 0 amide bonds. The van der Waals surface area contributed by atoms with Gasteiger partial charge in [-0.3, -0.25) is 0 Å². The molecule has 2 aromatic rings. The van der Waals surface area contributed by atoms with Gasteiger partial charge in [-0.2, -0.15) is 0 Å². The van der Waals surface area contributed by atoms with Gasteiger partial charge in [-0.05, 0) is 41.4 Å². The van der Waals surface area contributed by atoms with E-state index in [1.807, 2.05) is 6.92 Å². The summed E-state index contributed by atoms with van der Waals surface area (Å²) < 4.78 is 1.15. The molecule has 80 valence electrons. The Bertz CT molecular complexity index is 459. The maximum atomic E-state index is 5.94. The first-order valence-corrected chi connectivity index (χ1v) is 7.18. The summed E-state index contributed by atoms with van der Waals surface area (Å²) >= 11 is 12.7. The van der Waals surface area contributed by atoms with Gasteiger partial charge in [0.15, 0.2) is 5.01 Å². The lowest BCUT2D eigenvalue weighted by Crippen LogP contribution is -1.80. The molecular formula is C9H8BrClN2S2. The van der Waals surface area contributed by atoms with Crippen LogP contribution in [0.25, 0.3) is 9.88 Å². The third-order valence-electron chi connectivity index (χ3n) is 1.85. The maximum absolute atomic E-state index is 5.94. The minimum Gasteiger partial charge on any atom is -0.142 e. The second-order valence-corrected chi connectivity index (χ2v) is 7.16. The van der Waals surface area contributed by atoms with Crippen LogP contribution >= 0.6 is 50.2 Å². The number of alkyl halides is 1. The van der Waals surface area contributed by atoms with Crippen molar-refractivity contribution in [3.05, 3.63) is 20.4 Å². The van der Waals surface area contributed by atoms with Crippen LogP contribution < -0.4 is 0 Å². The smallest absolute Gasteiger partial charge is 0.142 e. The number of halogens is 2. The van der Waals surface area contributed by atoms with Crippen molar-refractivity contribution in [3.63, 3.8) is 0 Å². The van der Waals surface area contributed by atoms with Crippen LogP contribution in [0.3, 0.4) is 0 Å². The van der Waals surface area contributed by atoms with Gasteiger partial charge in [0.25, 0.3) is 0 Å². The first kappa shape index (κ1) is 11.5. The molecule has 0 radical (unpaired) electrons. The molecule has 0 aliphatic heterocycles. The van der Waals surface area contributed by atoms with Gasteiger partial charge >= 0.3 is 0 Å². The highest BCUT2D eigenvalue weighted by atomic mass is 79.9. The fourth-order valence-electron chi connectivity index (χ4n) is 1.06. The molecular weight excluding hydrogens is 316 g/mol. The highest BCUT2D eigenvalue weighted by Crippen LogP contribution is 2.37. The SMILES string of the molecule is Cc1cc(-c2nnc(C(C)Cl)s2)sc1Br. The fourth-order valence-corrected chi connectivity index (χ4v) is 3.59. The van der Waals surface area contributed by atoms with Crippen molar-refractivity contribution in [1.82, 2.24) is 10.2 Å². The molecule has 0 spiro atoms. The number of aryl methyl sites for hydroxylation is 1. The van der Waals surface area contributed by atoms with Gasteiger partial charge in [-0.15, -0.1) is 33.1 Å². The minimum absolute atomic E-state index is 0.0688. The number of thiophene rings is 1. The monoisotopic (exact) mass is 322 g/mol. The Kier molecular flexibility index (Phi) is 3.45. The Morgan fingerprint density at radius 3 is 2.60 bits per heavy atom. The summed E-state index contributed by atoms with van der Waals surface area (Å²) in [7, 11) is 0. The zero-order valence-corrected chi connectivity index (χ0v) is 12.1. The van der Waals surface area contributed by atoms with Crippen LogP contribution in [-0.2, 0) is 0 Å². The number of aromatic nitrogens is 2. The van der Waals surface area contributed by atoms with Crippen molar-refractivity contribution < 1.29 is 0 Å². The van der Waals surface area contributed by atoms with E-state index in [4.69, 9.17) is 11.6 Å². The average Bonchev–Trinajstić information content (AvgIpc) is 2.74. The third kappa shape index (κ3) is 2.41. The van der Waals surface area contributed by atoms with E-state index in [0.29, 0.717) is 0 Å². The highest BCUT2D eigenvalue weighted by molar-refractivity contribution is 9.11. The highest BCUT2D eigenvalue weighted by Gasteiger charge is 2.13. The van der Waals surface area contributed by atoms with Crippen LogP contribution in [0.15, 0.2) is 9.85 Å². The molecule has 2 rings (SSSR count). The van der Waals surface area contributed by atoms with E-state index in [2.05, 4.69) is 39.1 Å². The standard InChI is InChI=1S/C9H8BrClN2S2/c1-4-3-6(14-7(4)10)9-13-12-8(15-9)5(2)11/h3,5H,1-2H3. The number of nitrogens with zero attached hydrogens (tertiary/aromatic N) is 2. The molecule has 1 atom stereocenters. The maximum Gasteiger partial charge on any atom is 0.157 e. The van der Waals surface area contributed by atoms with E-state index in [0.717, 1.165) is 18.7 Å². The molecule has 0 aliphatic carbocycles. The van der Waals surface area contributed by atoms with Gasteiger partial charge < -0.3 is 0 Å². The van der Waals surface area contributed by atoms with Crippen molar-refractivity contribution in [2.45, 2.75) is 19.2 Å². The summed E-state index contributed by atoms with van der Waals surface area (Å²) in [5.41, 5.74) is 1.23. The predicted octanol–water partition coefficient (Wildman–Crippen LogP) is 4.64. The molecule has 0 aliphatic rings. The van der Waals surface area contributed by atoms with Crippen molar-refractivity contribution in [2.24, 2.45) is 0 Å². The molecule has 0 fully saturated rings. The van der Waals surface area contributed by atoms with Gasteiger partial charge in [0.05, 0.1) is 14.0 Å². The zero-order valence-electron chi connectivity index (χ0n) is 8.12. The lowest BCUT2D eigenvalue weighted by atomic mass is 10.3. The predicted molar refractivity (Wildman–Crippen MR) is 69.9 cm³/mol. The van der Waals surface area contributed by atoms with Crippen molar-refractivity contribution in [3.8, 4) is 9.88 Å². The molecule has 2 heterocycles. The van der Waals surface area contributed by atoms with Crippen LogP contribution in [0.2, 0.25) is 0 Å². The number of hydrogen-bond acceptors (Lipinski definition) is 4. The normalized spacial score (nSPS) is 13.1. The number of rotatable bonds is 2. The van der Waals surface area contributed by atoms with Gasteiger partial charge in [0, 0.05) is 0 Å². The van der Waals surface area contributed by atoms with Crippen molar-refractivity contribution in [2.75, 3.05) is 0 Å². The first-order chi connectivity index (χ1) is 7.08. The van der Waals surface area contributed by atoms with E-state index >= 15 is 0 Å². The van der Waals surface area contributed by atoms with Crippen LogP contribution in [0.1, 0.15) is 22.9 Å². The molecule has 2 nitrogen and oxygen atoms in total. The summed E-state index contributed by atoms with van der Waals surface area (Å²) in [5.74, 6) is 0. The molecule has 6 heteroatoms. The van der Waals surface area contributed by atoms with Gasteiger partial charge in [-0.25, -0.2) is 0 Å². The van der Waals surface area contributed by atoms with E-state index in [9.17, 15) is 0 Å². The minimum atomic E-state index is -0.0688. The quantitative estimate of drug-likeness (QED) is 0.753. The Labute approximate surface area is 109 Å². The molecule has 2 aromatic heterocycles. The molecule has 1 unspecified atom stereocenters. The van der Waals surface area contributed by atoms with Crippen LogP contribution in [-0.4, -0.2) is 10.2 Å². The molecule has 0 saturated carbocycles. The van der Waals surface area contributed by atoms with Gasteiger partial charge in [0.1, 0.15) is 5.01 Å². The van der Waals surface area contributed by atoms with Gasteiger partial charge in [-0.1, -0.05) is 11.3 Å². The largest absolute Gasteiger partial charge is 0.157 e. The second kappa shape index (κ2) is 4.49. The van der Waals surface area contributed by atoms with Crippen LogP contribution in [0.5, 0.6) is 0 Å². The van der Waals surface area contributed by atoms with Gasteiger partial charge in [0.2, 0.25) is 0 Å². The zero-order chi connectivity index (χ0) is 11.0. The first-order valence-electron chi connectivity index (χ1n) is 4.31. The molecule has 0 bridgehead atoms. The molecule has 15 heavy (non-hydrogen) atoms. The fraction of sp³-hybridized carbons (Fsp3) is 0.333. The van der Waals surface area contributed by atoms with Crippen LogP contribution in [0.4, 0.5) is 0 Å². The molecule has 0 N–H and O–H groups in total.